The molecule has 10 nitrogen and oxygen atoms in total. The molecule has 12 heteroatoms. The smallest absolute Gasteiger partial charge is 0.341 e. The number of nitro benzene ring substituents is 1. The van der Waals surface area contributed by atoms with Gasteiger partial charge in [0.15, 0.2) is 18.1 Å². The largest absolute Gasteiger partial charge is 0.493 e. The SMILES string of the molecule is COc1cc(C=C2SC(=O)N(Cc3cccc([N+](=O)[O-])c3)C2=O)cc(Cl)c1OCC(=O)O. The lowest BCUT2D eigenvalue weighted by atomic mass is 10.1. The van der Waals surface area contributed by atoms with Crippen LogP contribution in [0, 0.1) is 10.1 Å². The number of non-ortho nitro benzene ring substituents is 1. The highest BCUT2D eigenvalue weighted by atomic mass is 35.5. The summed E-state index contributed by atoms with van der Waals surface area (Å²) >= 11 is 6.89. The molecule has 0 saturated carbocycles. The Kier molecular flexibility index (Phi) is 7.01. The Morgan fingerprint density at radius 2 is 2.06 bits per heavy atom. The van der Waals surface area contributed by atoms with Crippen LogP contribution in [-0.2, 0) is 16.1 Å². The van der Waals surface area contributed by atoms with Crippen molar-refractivity contribution < 1.29 is 33.9 Å². The van der Waals surface area contributed by atoms with E-state index in [4.69, 9.17) is 26.2 Å². The molecule has 3 rings (SSSR count). The Bertz CT molecular complexity index is 1150. The van der Waals surface area contributed by atoms with Gasteiger partial charge in [-0.1, -0.05) is 23.7 Å². The molecule has 0 atom stereocenters. The van der Waals surface area contributed by atoms with Crippen molar-refractivity contribution in [1.29, 1.82) is 0 Å². The predicted octanol–water partition coefficient (Wildman–Crippen LogP) is 3.96. The summed E-state index contributed by atoms with van der Waals surface area (Å²) in [4.78, 5) is 47.3. The minimum Gasteiger partial charge on any atom is -0.493 e. The number of imide groups is 1. The van der Waals surface area contributed by atoms with Crippen LogP contribution in [0.15, 0.2) is 41.3 Å². The second-order valence-electron chi connectivity index (χ2n) is 6.41. The second kappa shape index (κ2) is 9.71. The first kappa shape index (κ1) is 23.1. The van der Waals surface area contributed by atoms with Gasteiger partial charge in [0.25, 0.3) is 16.8 Å². The molecular formula is C20H15ClN2O8S. The van der Waals surface area contributed by atoms with E-state index in [2.05, 4.69) is 0 Å². The first-order valence-corrected chi connectivity index (χ1v) is 10.1. The van der Waals surface area contributed by atoms with E-state index in [9.17, 15) is 24.5 Å². The minimum atomic E-state index is -1.19. The zero-order chi connectivity index (χ0) is 23.4. The van der Waals surface area contributed by atoms with Crippen molar-refractivity contribution in [2.75, 3.05) is 13.7 Å². The van der Waals surface area contributed by atoms with Crippen molar-refractivity contribution in [1.82, 2.24) is 4.90 Å². The van der Waals surface area contributed by atoms with Crippen molar-refractivity contribution in [2.45, 2.75) is 6.54 Å². The van der Waals surface area contributed by atoms with Gasteiger partial charge in [-0.25, -0.2) is 4.79 Å². The molecule has 166 valence electrons. The molecule has 1 aliphatic heterocycles. The highest BCUT2D eigenvalue weighted by molar-refractivity contribution is 8.18. The van der Waals surface area contributed by atoms with Crippen molar-refractivity contribution in [2.24, 2.45) is 0 Å². The average molecular weight is 479 g/mol. The monoisotopic (exact) mass is 478 g/mol. The number of methoxy groups -OCH3 is 1. The number of hydrogen-bond acceptors (Lipinski definition) is 8. The highest BCUT2D eigenvalue weighted by Crippen LogP contribution is 2.39. The summed E-state index contributed by atoms with van der Waals surface area (Å²) in [7, 11) is 1.34. The number of thioether (sulfide) groups is 1. The second-order valence-corrected chi connectivity index (χ2v) is 7.81. The number of halogens is 1. The van der Waals surface area contributed by atoms with Crippen LogP contribution in [0.5, 0.6) is 11.5 Å². The third-order valence-corrected chi connectivity index (χ3v) is 5.41. The summed E-state index contributed by atoms with van der Waals surface area (Å²) < 4.78 is 10.3. The van der Waals surface area contributed by atoms with Gasteiger partial charge in [-0.3, -0.25) is 24.6 Å². The Morgan fingerprint density at radius 3 is 2.72 bits per heavy atom. The maximum atomic E-state index is 12.8. The Morgan fingerprint density at radius 1 is 1.31 bits per heavy atom. The summed E-state index contributed by atoms with van der Waals surface area (Å²) in [6, 6.07) is 8.60. The van der Waals surface area contributed by atoms with Gasteiger partial charge in [-0.15, -0.1) is 0 Å². The van der Waals surface area contributed by atoms with Gasteiger partial charge >= 0.3 is 5.97 Å². The molecule has 0 radical (unpaired) electrons. The molecule has 0 aliphatic carbocycles. The summed E-state index contributed by atoms with van der Waals surface area (Å²) in [6.45, 7) is -0.734. The number of nitro groups is 1. The molecule has 0 aromatic heterocycles. The van der Waals surface area contributed by atoms with Gasteiger partial charge in [0, 0.05) is 12.1 Å². The summed E-state index contributed by atoms with van der Waals surface area (Å²) in [5.41, 5.74) is 0.722. The molecular weight excluding hydrogens is 464 g/mol. The predicted molar refractivity (Wildman–Crippen MR) is 116 cm³/mol. The number of carbonyl (C=O) groups excluding carboxylic acids is 2. The number of amides is 2. The number of ether oxygens (including phenoxy) is 2. The number of benzene rings is 2. The molecule has 0 spiro atoms. The molecule has 2 amide bonds. The van der Waals surface area contributed by atoms with Crippen LogP contribution in [0.1, 0.15) is 11.1 Å². The maximum Gasteiger partial charge on any atom is 0.341 e. The molecule has 1 saturated heterocycles. The van der Waals surface area contributed by atoms with Crippen molar-refractivity contribution >= 4 is 52.2 Å². The number of carboxylic acid groups (broad SMARTS) is 1. The Balaban J connectivity index is 1.84. The van der Waals surface area contributed by atoms with E-state index in [1.54, 1.807) is 6.07 Å². The lowest BCUT2D eigenvalue weighted by Gasteiger charge is -2.13. The molecule has 2 aromatic carbocycles. The molecule has 1 heterocycles. The number of carbonyl (C=O) groups is 3. The first-order valence-electron chi connectivity index (χ1n) is 8.90. The summed E-state index contributed by atoms with van der Waals surface area (Å²) in [6.07, 6.45) is 1.44. The molecule has 0 unspecified atom stereocenters. The van der Waals surface area contributed by atoms with Crippen LogP contribution in [0.4, 0.5) is 10.5 Å². The van der Waals surface area contributed by atoms with Gasteiger partial charge in [-0.2, -0.15) is 0 Å². The zero-order valence-corrected chi connectivity index (χ0v) is 18.0. The molecule has 32 heavy (non-hydrogen) atoms. The molecule has 1 fully saturated rings. The zero-order valence-electron chi connectivity index (χ0n) is 16.4. The summed E-state index contributed by atoms with van der Waals surface area (Å²) in [5.74, 6) is -1.56. The highest BCUT2D eigenvalue weighted by Gasteiger charge is 2.35. The van der Waals surface area contributed by atoms with Crippen LogP contribution in [0.3, 0.4) is 0 Å². The molecule has 1 N–H and O–H groups in total. The molecule has 0 bridgehead atoms. The van der Waals surface area contributed by atoms with Crippen LogP contribution in [0.25, 0.3) is 6.08 Å². The number of rotatable bonds is 8. The Labute approximate surface area is 190 Å². The normalized spacial score (nSPS) is 14.7. The average Bonchev–Trinajstić information content (AvgIpc) is 3.00. The van der Waals surface area contributed by atoms with Gasteiger partial charge in [0.1, 0.15) is 0 Å². The molecule has 2 aromatic rings. The summed E-state index contributed by atoms with van der Waals surface area (Å²) in [5, 5.41) is 19.3. The number of nitrogens with zero attached hydrogens (tertiary/aromatic N) is 2. The topological polar surface area (TPSA) is 136 Å². The fraction of sp³-hybridized carbons (Fsp3) is 0.150. The molecule has 1 aliphatic rings. The van der Waals surface area contributed by atoms with Crippen LogP contribution < -0.4 is 9.47 Å². The quantitative estimate of drug-likeness (QED) is 0.339. The van der Waals surface area contributed by atoms with Gasteiger partial charge in [0.05, 0.1) is 28.5 Å². The third kappa shape index (κ3) is 5.18. The lowest BCUT2D eigenvalue weighted by Crippen LogP contribution is -2.27. The van der Waals surface area contributed by atoms with Crippen molar-refractivity contribution in [3.05, 3.63) is 67.6 Å². The van der Waals surface area contributed by atoms with Crippen LogP contribution in [0.2, 0.25) is 5.02 Å². The van der Waals surface area contributed by atoms with E-state index >= 15 is 0 Å². The number of carboxylic acids is 1. The Hall–Kier alpha value is -3.57. The van der Waals surface area contributed by atoms with Crippen molar-refractivity contribution in [3.8, 4) is 11.5 Å². The van der Waals surface area contributed by atoms with Gasteiger partial charge in [0.2, 0.25) is 0 Å². The van der Waals surface area contributed by atoms with E-state index in [1.807, 2.05) is 0 Å². The van der Waals surface area contributed by atoms with E-state index in [1.165, 1.54) is 43.5 Å². The van der Waals surface area contributed by atoms with E-state index < -0.39 is 28.6 Å². The van der Waals surface area contributed by atoms with Crippen LogP contribution in [-0.4, -0.2) is 45.8 Å². The maximum absolute atomic E-state index is 12.8. The van der Waals surface area contributed by atoms with E-state index in [0.29, 0.717) is 22.9 Å². The minimum absolute atomic E-state index is 0.0347. The van der Waals surface area contributed by atoms with Crippen molar-refractivity contribution in [3.63, 3.8) is 0 Å². The van der Waals surface area contributed by atoms with Gasteiger partial charge in [-0.05, 0) is 41.1 Å². The lowest BCUT2D eigenvalue weighted by molar-refractivity contribution is -0.384. The van der Waals surface area contributed by atoms with Crippen LogP contribution >= 0.6 is 23.4 Å². The number of aliphatic carboxylic acids is 1. The fourth-order valence-corrected chi connectivity index (χ4v) is 3.95. The van der Waals surface area contributed by atoms with E-state index in [0.717, 1.165) is 4.90 Å². The van der Waals surface area contributed by atoms with E-state index in [-0.39, 0.29) is 33.7 Å². The first-order chi connectivity index (χ1) is 15.2. The fourth-order valence-electron chi connectivity index (χ4n) is 2.84. The third-order valence-electron chi connectivity index (χ3n) is 4.23. The standard InChI is InChI=1S/C20H15ClN2O8S/c1-30-15-7-12(6-14(21)18(15)31-10-17(24)25)8-16-19(26)22(20(27)32-16)9-11-3-2-4-13(5-11)23(28)29/h2-8H,9-10H2,1H3,(H,24,25). The number of hydrogen-bond donors (Lipinski definition) is 1. The van der Waals surface area contributed by atoms with Gasteiger partial charge < -0.3 is 14.6 Å².